The van der Waals surface area contributed by atoms with Gasteiger partial charge in [0.25, 0.3) is 0 Å². The number of hydrogen-bond donors (Lipinski definition) is 0. The van der Waals surface area contributed by atoms with Gasteiger partial charge in [0.2, 0.25) is 0 Å². The summed E-state index contributed by atoms with van der Waals surface area (Å²) < 4.78 is 0. The topological polar surface area (TPSA) is 25.8 Å². The Kier molecular flexibility index (Phi) is 9.34. The van der Waals surface area contributed by atoms with E-state index in [1.165, 1.54) is 38.2 Å². The minimum absolute atomic E-state index is 0. The normalized spacial score (nSPS) is 10.6. The van der Waals surface area contributed by atoms with Gasteiger partial charge in [0.15, 0.2) is 0 Å². The van der Waals surface area contributed by atoms with Crippen LogP contribution in [0.15, 0.2) is 140 Å². The van der Waals surface area contributed by atoms with Crippen LogP contribution in [0.4, 0.5) is 0 Å². The molecule has 5 aromatic carbocycles. The molecule has 3 heteroatoms. The summed E-state index contributed by atoms with van der Waals surface area (Å²) in [6, 6.07) is 50.5. The van der Waals surface area contributed by atoms with Gasteiger partial charge in [-0.05, 0) is 56.5 Å². The molecule has 0 spiro atoms. The van der Waals surface area contributed by atoms with Crippen molar-refractivity contribution in [2.45, 2.75) is 19.8 Å². The molecule has 0 amide bonds. The summed E-state index contributed by atoms with van der Waals surface area (Å²) in [4.78, 5) is 9.01. The Hall–Kier alpha value is -4.43. The molecule has 7 aromatic rings. The van der Waals surface area contributed by atoms with Gasteiger partial charge < -0.3 is 9.97 Å². The van der Waals surface area contributed by atoms with Gasteiger partial charge in [0, 0.05) is 32.5 Å². The number of hydrogen-bond acceptors (Lipinski definition) is 2. The van der Waals surface area contributed by atoms with Gasteiger partial charge in [0.1, 0.15) is 0 Å². The quantitative estimate of drug-likeness (QED) is 0.134. The van der Waals surface area contributed by atoms with E-state index in [9.17, 15) is 0 Å². The zero-order valence-electron chi connectivity index (χ0n) is 23.6. The van der Waals surface area contributed by atoms with E-state index in [2.05, 4.69) is 116 Å². The van der Waals surface area contributed by atoms with E-state index in [0.29, 0.717) is 5.92 Å². The fourth-order valence-electron chi connectivity index (χ4n) is 5.06. The van der Waals surface area contributed by atoms with Gasteiger partial charge >= 0.3 is 0 Å². The van der Waals surface area contributed by atoms with Crippen LogP contribution in [0.5, 0.6) is 0 Å². The molecule has 0 saturated carbocycles. The van der Waals surface area contributed by atoms with E-state index < -0.39 is 0 Å². The SMILES string of the molecule is CC(C)c1[c-]c(-c2nccc3c2ccc2ccccc23)cc(-c2ccccc2)c1.[Ir].[c-]1ccccc1-c1ccccn1. The molecule has 0 fully saturated rings. The Morgan fingerprint density at radius 2 is 1.36 bits per heavy atom. The first-order chi connectivity index (χ1) is 20.2. The Morgan fingerprint density at radius 1 is 0.571 bits per heavy atom. The second-order valence-corrected chi connectivity index (χ2v) is 10.3. The first-order valence-electron chi connectivity index (χ1n) is 13.9. The number of fused-ring (bicyclic) bond motifs is 3. The molecule has 2 aromatic heterocycles. The van der Waals surface area contributed by atoms with E-state index in [0.717, 1.165) is 22.5 Å². The molecule has 0 aliphatic heterocycles. The Labute approximate surface area is 261 Å². The standard InChI is InChI=1S/C28H22N.C11H8N.Ir/c1-19(2)22-16-23(20-8-4-3-5-9-20)18-24(17-22)28-27-13-12-21-10-6-7-11-25(21)26(27)14-15-29-28;1-2-6-10(7-3-1)11-8-4-5-9-12-11;/h3-16,18-19H,1-2H3;1-6,8-9H;/q2*-1;. The molecule has 0 atom stereocenters. The van der Waals surface area contributed by atoms with Gasteiger partial charge in [0.05, 0.1) is 0 Å². The summed E-state index contributed by atoms with van der Waals surface area (Å²) in [5.74, 6) is 0.396. The molecular formula is C39H30IrN2-2. The zero-order valence-corrected chi connectivity index (χ0v) is 26.0. The van der Waals surface area contributed by atoms with Crippen molar-refractivity contribution in [1.82, 2.24) is 9.97 Å². The predicted molar refractivity (Wildman–Crippen MR) is 172 cm³/mol. The second kappa shape index (κ2) is 13.5. The number of aromatic nitrogens is 2. The summed E-state index contributed by atoms with van der Waals surface area (Å²) in [5.41, 5.74) is 7.69. The van der Waals surface area contributed by atoms with Crippen molar-refractivity contribution in [3.63, 3.8) is 0 Å². The van der Waals surface area contributed by atoms with Crippen molar-refractivity contribution in [2.75, 3.05) is 0 Å². The molecule has 0 N–H and O–H groups in total. The van der Waals surface area contributed by atoms with Crippen LogP contribution in [0.2, 0.25) is 0 Å². The number of pyridine rings is 2. The van der Waals surface area contributed by atoms with Crippen molar-refractivity contribution in [3.05, 3.63) is 157 Å². The summed E-state index contributed by atoms with van der Waals surface area (Å²) in [7, 11) is 0. The zero-order chi connectivity index (χ0) is 28.0. The first kappa shape index (κ1) is 29.1. The fraction of sp³-hybridized carbons (Fsp3) is 0.0769. The Balaban J connectivity index is 0.000000228. The number of benzene rings is 5. The third-order valence-corrected chi connectivity index (χ3v) is 7.19. The smallest absolute Gasteiger partial charge is 0.0167 e. The monoisotopic (exact) mass is 719 g/mol. The molecule has 0 aliphatic rings. The minimum Gasteiger partial charge on any atom is -0.305 e. The van der Waals surface area contributed by atoms with Crippen molar-refractivity contribution in [2.24, 2.45) is 0 Å². The van der Waals surface area contributed by atoms with Crippen molar-refractivity contribution < 1.29 is 20.1 Å². The average Bonchev–Trinajstić information content (AvgIpc) is 3.05. The molecule has 42 heavy (non-hydrogen) atoms. The maximum Gasteiger partial charge on any atom is 0.0167 e. The summed E-state index contributed by atoms with van der Waals surface area (Å²) in [5, 5.41) is 4.92. The van der Waals surface area contributed by atoms with Crippen molar-refractivity contribution in [3.8, 4) is 33.6 Å². The van der Waals surface area contributed by atoms with Crippen LogP contribution >= 0.6 is 0 Å². The van der Waals surface area contributed by atoms with E-state index in [1.807, 2.05) is 48.7 Å². The molecular weight excluding hydrogens is 689 g/mol. The molecule has 0 aliphatic carbocycles. The van der Waals surface area contributed by atoms with Gasteiger partial charge in [-0.2, -0.15) is 0 Å². The Morgan fingerprint density at radius 3 is 2.12 bits per heavy atom. The summed E-state index contributed by atoms with van der Waals surface area (Å²) in [6.07, 6.45) is 3.71. The third-order valence-electron chi connectivity index (χ3n) is 7.19. The summed E-state index contributed by atoms with van der Waals surface area (Å²) >= 11 is 0. The van der Waals surface area contributed by atoms with Crippen LogP contribution in [0.3, 0.4) is 0 Å². The van der Waals surface area contributed by atoms with E-state index in [4.69, 9.17) is 4.98 Å². The molecule has 207 valence electrons. The maximum atomic E-state index is 4.79. The first-order valence-corrected chi connectivity index (χ1v) is 13.9. The molecule has 0 unspecified atom stereocenters. The number of rotatable bonds is 4. The third kappa shape index (κ3) is 6.39. The predicted octanol–water partition coefficient (Wildman–Crippen LogP) is 10.2. The second-order valence-electron chi connectivity index (χ2n) is 10.3. The van der Waals surface area contributed by atoms with Gasteiger partial charge in [-0.15, -0.1) is 70.8 Å². The molecule has 0 bridgehead atoms. The van der Waals surface area contributed by atoms with Gasteiger partial charge in [-0.25, -0.2) is 0 Å². The van der Waals surface area contributed by atoms with E-state index >= 15 is 0 Å². The van der Waals surface area contributed by atoms with Gasteiger partial charge in [-0.1, -0.05) is 92.7 Å². The van der Waals surface area contributed by atoms with Crippen LogP contribution < -0.4 is 0 Å². The van der Waals surface area contributed by atoms with E-state index in [1.54, 1.807) is 6.20 Å². The molecule has 7 rings (SSSR count). The van der Waals surface area contributed by atoms with Crippen LogP contribution in [0.25, 0.3) is 55.2 Å². The van der Waals surface area contributed by atoms with Crippen LogP contribution in [-0.2, 0) is 20.1 Å². The van der Waals surface area contributed by atoms with E-state index in [-0.39, 0.29) is 20.1 Å². The van der Waals surface area contributed by atoms with Crippen molar-refractivity contribution in [1.29, 1.82) is 0 Å². The Bertz CT molecular complexity index is 1860. The largest absolute Gasteiger partial charge is 0.305 e. The van der Waals surface area contributed by atoms with Crippen molar-refractivity contribution >= 4 is 21.5 Å². The molecule has 1 radical (unpaired) electrons. The van der Waals surface area contributed by atoms with Gasteiger partial charge in [-0.3, -0.25) is 0 Å². The van der Waals surface area contributed by atoms with Crippen LogP contribution in [0.1, 0.15) is 25.3 Å². The summed E-state index contributed by atoms with van der Waals surface area (Å²) in [6.45, 7) is 4.43. The molecule has 2 heterocycles. The average molecular weight is 719 g/mol. The van der Waals surface area contributed by atoms with Crippen LogP contribution in [-0.4, -0.2) is 9.97 Å². The maximum absolute atomic E-state index is 4.79. The fourth-order valence-corrected chi connectivity index (χ4v) is 5.06. The molecule has 0 saturated heterocycles. The minimum atomic E-state index is 0. The van der Waals surface area contributed by atoms with Crippen LogP contribution in [0, 0.1) is 12.1 Å². The number of nitrogens with zero attached hydrogens (tertiary/aromatic N) is 2. The molecule has 2 nitrogen and oxygen atoms in total.